The van der Waals surface area contributed by atoms with E-state index >= 15 is 0 Å². The molecular weight excluding hydrogens is 468 g/mol. The highest BCUT2D eigenvalue weighted by Crippen LogP contribution is 2.33. The monoisotopic (exact) mass is 498 g/mol. The number of piperidine rings is 1. The van der Waals surface area contributed by atoms with E-state index in [1.807, 2.05) is 30.3 Å². The van der Waals surface area contributed by atoms with Crippen molar-refractivity contribution < 1.29 is 22.8 Å². The summed E-state index contributed by atoms with van der Waals surface area (Å²) in [5, 5.41) is 7.06. The van der Waals surface area contributed by atoms with Crippen molar-refractivity contribution in [3.63, 3.8) is 0 Å². The SMILES string of the molecule is O=C(Nc1cc(S(=O)(=O)N2CCOCC2)ccc1N1CCCCC1)C1CC(c2ccccc2)=NO1. The van der Waals surface area contributed by atoms with Gasteiger partial charge in [-0.1, -0.05) is 35.5 Å². The Kier molecular flexibility index (Phi) is 7.03. The molecule has 1 unspecified atom stereocenters. The summed E-state index contributed by atoms with van der Waals surface area (Å²) in [6.45, 7) is 3.09. The number of rotatable bonds is 6. The zero-order valence-corrected chi connectivity index (χ0v) is 20.4. The van der Waals surface area contributed by atoms with E-state index in [1.54, 1.807) is 18.2 Å². The van der Waals surface area contributed by atoms with Gasteiger partial charge in [-0.05, 0) is 43.0 Å². The van der Waals surface area contributed by atoms with Crippen LogP contribution in [0, 0.1) is 0 Å². The minimum absolute atomic E-state index is 0.157. The van der Waals surface area contributed by atoms with Crippen LogP contribution in [0.3, 0.4) is 0 Å². The van der Waals surface area contributed by atoms with Gasteiger partial charge in [-0.3, -0.25) is 4.79 Å². The Hall–Kier alpha value is -2.95. The molecule has 1 atom stereocenters. The van der Waals surface area contributed by atoms with Gasteiger partial charge in [0.2, 0.25) is 16.1 Å². The standard InChI is InChI=1S/C25H30N4O5S/c30-25(24-18-21(27-34-24)19-7-3-1-4-8-19)26-22-17-20(35(31,32)29-13-15-33-16-14-29)9-10-23(22)28-11-5-2-6-12-28/h1,3-4,7-10,17,24H,2,5-6,11-16,18H2,(H,26,30). The fraction of sp³-hybridized carbons (Fsp3) is 0.440. The zero-order valence-electron chi connectivity index (χ0n) is 19.6. The van der Waals surface area contributed by atoms with Gasteiger partial charge < -0.3 is 19.8 Å². The van der Waals surface area contributed by atoms with Gasteiger partial charge in [0.1, 0.15) is 0 Å². The highest BCUT2D eigenvalue weighted by molar-refractivity contribution is 7.89. The van der Waals surface area contributed by atoms with Crippen molar-refractivity contribution in [3.8, 4) is 0 Å². The van der Waals surface area contributed by atoms with Gasteiger partial charge in [0.05, 0.1) is 35.2 Å². The van der Waals surface area contributed by atoms with E-state index in [4.69, 9.17) is 9.57 Å². The molecule has 186 valence electrons. The van der Waals surface area contributed by atoms with Crippen LogP contribution in [0.25, 0.3) is 0 Å². The number of nitrogens with zero attached hydrogens (tertiary/aromatic N) is 3. The second-order valence-electron chi connectivity index (χ2n) is 8.93. The van der Waals surface area contributed by atoms with Crippen molar-refractivity contribution in [3.05, 3.63) is 54.1 Å². The minimum Gasteiger partial charge on any atom is -0.382 e. The molecule has 2 aromatic rings. The molecule has 0 saturated carbocycles. The molecule has 3 aliphatic heterocycles. The summed E-state index contributed by atoms with van der Waals surface area (Å²) in [5.74, 6) is -0.348. The maximum atomic E-state index is 13.3. The van der Waals surface area contributed by atoms with Crippen molar-refractivity contribution in [2.24, 2.45) is 5.16 Å². The Labute approximate surface area is 205 Å². The first kappa shape index (κ1) is 23.8. The lowest BCUT2D eigenvalue weighted by Crippen LogP contribution is -2.40. The first-order valence-electron chi connectivity index (χ1n) is 12.1. The van der Waals surface area contributed by atoms with E-state index in [-0.39, 0.29) is 10.8 Å². The molecule has 2 aromatic carbocycles. The second-order valence-corrected chi connectivity index (χ2v) is 10.9. The lowest BCUT2D eigenvalue weighted by atomic mass is 10.0. The molecule has 5 rings (SSSR count). The van der Waals surface area contributed by atoms with Crippen LogP contribution in [0.2, 0.25) is 0 Å². The lowest BCUT2D eigenvalue weighted by molar-refractivity contribution is -0.125. The van der Waals surface area contributed by atoms with Gasteiger partial charge in [-0.2, -0.15) is 4.31 Å². The number of oxime groups is 1. The van der Waals surface area contributed by atoms with Crippen LogP contribution in [0.1, 0.15) is 31.2 Å². The molecule has 1 amide bonds. The molecule has 1 N–H and O–H groups in total. The van der Waals surface area contributed by atoms with Gasteiger partial charge in [-0.25, -0.2) is 8.42 Å². The smallest absolute Gasteiger partial charge is 0.268 e. The summed E-state index contributed by atoms with van der Waals surface area (Å²) in [6, 6.07) is 14.6. The molecule has 0 aliphatic carbocycles. The Morgan fingerprint density at radius 2 is 1.71 bits per heavy atom. The molecular formula is C25H30N4O5S. The number of nitrogens with one attached hydrogen (secondary N) is 1. The molecule has 2 fully saturated rings. The quantitative estimate of drug-likeness (QED) is 0.657. The first-order chi connectivity index (χ1) is 17.0. The van der Waals surface area contributed by atoms with E-state index in [0.29, 0.717) is 44.1 Å². The summed E-state index contributed by atoms with van der Waals surface area (Å²) < 4.78 is 33.3. The zero-order chi connectivity index (χ0) is 24.3. The van der Waals surface area contributed by atoms with E-state index < -0.39 is 16.1 Å². The molecule has 0 bridgehead atoms. The second kappa shape index (κ2) is 10.3. The topological polar surface area (TPSA) is 101 Å². The average Bonchev–Trinajstić information content (AvgIpc) is 3.41. The van der Waals surface area contributed by atoms with Crippen LogP contribution in [0.5, 0.6) is 0 Å². The number of benzene rings is 2. The van der Waals surface area contributed by atoms with E-state index in [1.165, 1.54) is 4.31 Å². The van der Waals surface area contributed by atoms with Crippen molar-refractivity contribution in [2.75, 3.05) is 49.6 Å². The fourth-order valence-corrected chi connectivity index (χ4v) is 6.09. The van der Waals surface area contributed by atoms with Gasteiger partial charge in [-0.15, -0.1) is 0 Å². The molecule has 0 radical (unpaired) electrons. The normalized spacial score (nSPS) is 21.3. The molecule has 2 saturated heterocycles. The van der Waals surface area contributed by atoms with E-state index in [0.717, 1.165) is 43.6 Å². The van der Waals surface area contributed by atoms with Crippen molar-refractivity contribution in [1.29, 1.82) is 0 Å². The lowest BCUT2D eigenvalue weighted by Gasteiger charge is -2.31. The number of sulfonamides is 1. The molecule has 0 spiro atoms. The number of carbonyl (C=O) groups excluding carboxylic acids is 1. The molecule has 35 heavy (non-hydrogen) atoms. The van der Waals surface area contributed by atoms with Crippen molar-refractivity contribution in [2.45, 2.75) is 36.7 Å². The van der Waals surface area contributed by atoms with Crippen LogP contribution < -0.4 is 10.2 Å². The number of ether oxygens (including phenoxy) is 1. The van der Waals surface area contributed by atoms with Gasteiger partial charge in [0.15, 0.2) is 0 Å². The average molecular weight is 499 g/mol. The summed E-state index contributed by atoms with van der Waals surface area (Å²) in [5.41, 5.74) is 2.92. The van der Waals surface area contributed by atoms with Crippen LogP contribution in [0.15, 0.2) is 58.6 Å². The third-order valence-electron chi connectivity index (χ3n) is 6.60. The predicted octanol–water partition coefficient (Wildman–Crippen LogP) is 2.83. The molecule has 10 heteroatoms. The maximum absolute atomic E-state index is 13.3. The summed E-state index contributed by atoms with van der Waals surface area (Å²) in [6.07, 6.45) is 2.85. The molecule has 9 nitrogen and oxygen atoms in total. The number of anilines is 2. The Balaban J connectivity index is 1.38. The molecule has 3 aliphatic rings. The third kappa shape index (κ3) is 5.19. The Morgan fingerprint density at radius 3 is 2.46 bits per heavy atom. The van der Waals surface area contributed by atoms with Gasteiger partial charge in [0.25, 0.3) is 5.91 Å². The molecule has 3 heterocycles. The third-order valence-corrected chi connectivity index (χ3v) is 8.49. The van der Waals surface area contributed by atoms with Crippen molar-refractivity contribution in [1.82, 2.24) is 4.31 Å². The Morgan fingerprint density at radius 1 is 0.971 bits per heavy atom. The van der Waals surface area contributed by atoms with Crippen LogP contribution in [0.4, 0.5) is 11.4 Å². The first-order valence-corrected chi connectivity index (χ1v) is 13.5. The number of morpholine rings is 1. The summed E-state index contributed by atoms with van der Waals surface area (Å²) >= 11 is 0. The number of carbonyl (C=O) groups is 1. The maximum Gasteiger partial charge on any atom is 0.268 e. The Bertz CT molecular complexity index is 1190. The highest BCUT2D eigenvalue weighted by atomic mass is 32.2. The predicted molar refractivity (Wildman–Crippen MR) is 133 cm³/mol. The fourth-order valence-electron chi connectivity index (χ4n) is 4.65. The summed E-state index contributed by atoms with van der Waals surface area (Å²) in [7, 11) is -3.70. The highest BCUT2D eigenvalue weighted by Gasteiger charge is 2.31. The van der Waals surface area contributed by atoms with Gasteiger partial charge >= 0.3 is 0 Å². The molecule has 0 aromatic heterocycles. The number of amides is 1. The summed E-state index contributed by atoms with van der Waals surface area (Å²) in [4.78, 5) is 21.0. The van der Waals surface area contributed by atoms with E-state index in [2.05, 4.69) is 15.4 Å². The van der Waals surface area contributed by atoms with Crippen LogP contribution >= 0.6 is 0 Å². The largest absolute Gasteiger partial charge is 0.382 e. The number of hydrogen-bond donors (Lipinski definition) is 1. The van der Waals surface area contributed by atoms with Crippen LogP contribution in [-0.2, 0) is 24.4 Å². The minimum atomic E-state index is -3.70. The van der Waals surface area contributed by atoms with E-state index in [9.17, 15) is 13.2 Å². The van der Waals surface area contributed by atoms with Crippen molar-refractivity contribution >= 4 is 33.0 Å². The number of hydrogen-bond acceptors (Lipinski definition) is 7. The van der Waals surface area contributed by atoms with Gasteiger partial charge in [0, 0.05) is 32.6 Å². The van der Waals surface area contributed by atoms with Crippen LogP contribution in [-0.4, -0.2) is 69.8 Å².